The topological polar surface area (TPSA) is 75.7 Å². The summed E-state index contributed by atoms with van der Waals surface area (Å²) in [5, 5.41) is 0.304. The number of methoxy groups -OCH3 is 1. The molecule has 3 rings (SSSR count). The van der Waals surface area contributed by atoms with Crippen LogP contribution < -0.4 is 14.4 Å². The van der Waals surface area contributed by atoms with Crippen LogP contribution in [0.25, 0.3) is 0 Å². The fourth-order valence-corrected chi connectivity index (χ4v) is 5.09. The predicted molar refractivity (Wildman–Crippen MR) is 109 cm³/mol. The number of amides is 1. The maximum atomic E-state index is 12.8. The van der Waals surface area contributed by atoms with E-state index in [4.69, 9.17) is 16.3 Å². The van der Waals surface area contributed by atoms with Gasteiger partial charge in [-0.2, -0.15) is 0 Å². The number of rotatable bonds is 4. The molecule has 0 atom stereocenters. The van der Waals surface area contributed by atoms with Crippen LogP contribution in [-0.4, -0.2) is 33.7 Å². The number of halogens is 1. The van der Waals surface area contributed by atoms with E-state index in [9.17, 15) is 13.2 Å². The van der Waals surface area contributed by atoms with Crippen molar-refractivity contribution in [2.24, 2.45) is 0 Å². The van der Waals surface area contributed by atoms with Crippen LogP contribution in [0.3, 0.4) is 0 Å². The van der Waals surface area contributed by atoms with Crippen molar-refractivity contribution in [1.29, 1.82) is 0 Å². The van der Waals surface area contributed by atoms with E-state index in [1.807, 2.05) is 0 Å². The summed E-state index contributed by atoms with van der Waals surface area (Å²) in [7, 11) is -2.36. The van der Waals surface area contributed by atoms with Crippen LogP contribution >= 0.6 is 23.4 Å². The SMILES string of the molecule is COc1ccc(NS(=O)(=O)c2ccc3c(c2)N(C(C)=O)CCCS3)cc1Cl. The van der Waals surface area contributed by atoms with Gasteiger partial charge in [-0.1, -0.05) is 11.6 Å². The standard InChI is InChI=1S/C18H19ClN2O4S2/c1-12(22)21-8-3-9-26-18-7-5-14(11-16(18)21)27(23,24)20-13-4-6-17(25-2)15(19)10-13/h4-7,10-11,20H,3,8-9H2,1-2H3. The minimum Gasteiger partial charge on any atom is -0.495 e. The minimum absolute atomic E-state index is 0.0851. The number of fused-ring (bicyclic) bond motifs is 1. The Morgan fingerprint density at radius 1 is 1.26 bits per heavy atom. The molecule has 2 aromatic rings. The molecule has 0 aliphatic carbocycles. The summed E-state index contributed by atoms with van der Waals surface area (Å²) in [5.41, 5.74) is 0.953. The van der Waals surface area contributed by atoms with Crippen molar-refractivity contribution in [3.8, 4) is 5.75 Å². The first kappa shape index (κ1) is 19.9. The number of anilines is 2. The van der Waals surface area contributed by atoms with Crippen LogP contribution in [0.15, 0.2) is 46.2 Å². The molecule has 144 valence electrons. The van der Waals surface area contributed by atoms with Gasteiger partial charge in [0.15, 0.2) is 0 Å². The van der Waals surface area contributed by atoms with E-state index in [2.05, 4.69) is 4.72 Å². The van der Waals surface area contributed by atoms with Gasteiger partial charge in [0, 0.05) is 18.4 Å². The molecule has 0 fully saturated rings. The largest absolute Gasteiger partial charge is 0.495 e. The molecule has 1 aliphatic heterocycles. The Hall–Kier alpha value is -1.90. The van der Waals surface area contributed by atoms with Crippen LogP contribution in [-0.2, 0) is 14.8 Å². The Kier molecular flexibility index (Phi) is 5.88. The molecule has 1 aliphatic rings. The van der Waals surface area contributed by atoms with E-state index in [-0.39, 0.29) is 10.8 Å². The van der Waals surface area contributed by atoms with E-state index in [1.165, 1.54) is 20.1 Å². The lowest BCUT2D eigenvalue weighted by atomic mass is 10.2. The maximum absolute atomic E-state index is 12.8. The van der Waals surface area contributed by atoms with E-state index >= 15 is 0 Å². The third kappa shape index (κ3) is 4.34. The molecule has 27 heavy (non-hydrogen) atoms. The number of carbonyl (C=O) groups is 1. The summed E-state index contributed by atoms with van der Waals surface area (Å²) in [6.07, 6.45) is 0.851. The Labute approximate surface area is 167 Å². The highest BCUT2D eigenvalue weighted by atomic mass is 35.5. The van der Waals surface area contributed by atoms with Crippen molar-refractivity contribution >= 4 is 50.7 Å². The van der Waals surface area contributed by atoms with Crippen LogP contribution in [0.2, 0.25) is 5.02 Å². The lowest BCUT2D eigenvalue weighted by Gasteiger charge is -2.21. The minimum atomic E-state index is -3.84. The molecule has 0 saturated heterocycles. The van der Waals surface area contributed by atoms with E-state index in [0.717, 1.165) is 17.1 Å². The number of nitrogens with zero attached hydrogens (tertiary/aromatic N) is 1. The van der Waals surface area contributed by atoms with Gasteiger partial charge in [0.2, 0.25) is 5.91 Å². The Balaban J connectivity index is 1.95. The van der Waals surface area contributed by atoms with Gasteiger partial charge < -0.3 is 9.64 Å². The van der Waals surface area contributed by atoms with E-state index in [1.54, 1.807) is 47.0 Å². The number of hydrogen-bond donors (Lipinski definition) is 1. The van der Waals surface area contributed by atoms with E-state index < -0.39 is 10.0 Å². The molecular formula is C18H19ClN2O4S2. The smallest absolute Gasteiger partial charge is 0.261 e. The zero-order valence-corrected chi connectivity index (χ0v) is 17.2. The van der Waals surface area contributed by atoms with Crippen molar-refractivity contribution in [1.82, 2.24) is 0 Å². The molecule has 9 heteroatoms. The number of sulfonamides is 1. The van der Waals surface area contributed by atoms with E-state index in [0.29, 0.717) is 28.7 Å². The maximum Gasteiger partial charge on any atom is 0.261 e. The van der Waals surface area contributed by atoms with Gasteiger partial charge in [0.05, 0.1) is 28.4 Å². The summed E-state index contributed by atoms with van der Waals surface area (Å²) in [5.74, 6) is 1.23. The van der Waals surface area contributed by atoms with Crippen LogP contribution in [0.4, 0.5) is 11.4 Å². The summed E-state index contributed by atoms with van der Waals surface area (Å²) >= 11 is 7.68. The highest BCUT2D eigenvalue weighted by molar-refractivity contribution is 7.99. The van der Waals surface area contributed by atoms with Crippen molar-refractivity contribution in [2.45, 2.75) is 23.1 Å². The van der Waals surface area contributed by atoms with Gasteiger partial charge in [0.1, 0.15) is 5.75 Å². The normalized spacial score (nSPS) is 14.3. The van der Waals surface area contributed by atoms with Gasteiger partial charge in [-0.05, 0) is 48.6 Å². The third-order valence-corrected chi connectivity index (χ3v) is 6.92. The highest BCUT2D eigenvalue weighted by Gasteiger charge is 2.23. The number of carbonyl (C=O) groups excluding carboxylic acids is 1. The summed E-state index contributed by atoms with van der Waals surface area (Å²) in [6, 6.07) is 9.48. The Bertz CT molecular complexity index is 979. The van der Waals surface area contributed by atoms with Gasteiger partial charge in [-0.15, -0.1) is 11.8 Å². The Morgan fingerprint density at radius 3 is 2.70 bits per heavy atom. The fourth-order valence-electron chi connectivity index (χ4n) is 2.79. The molecule has 1 heterocycles. The van der Waals surface area contributed by atoms with Crippen molar-refractivity contribution in [2.75, 3.05) is 29.0 Å². The zero-order chi connectivity index (χ0) is 19.6. The fraction of sp³-hybridized carbons (Fsp3) is 0.278. The number of nitrogens with one attached hydrogen (secondary N) is 1. The monoisotopic (exact) mass is 426 g/mol. The lowest BCUT2D eigenvalue weighted by molar-refractivity contribution is -0.116. The van der Waals surface area contributed by atoms with Gasteiger partial charge in [-0.25, -0.2) is 8.42 Å². The molecule has 0 bridgehead atoms. The van der Waals surface area contributed by atoms with Crippen molar-refractivity contribution < 1.29 is 17.9 Å². The zero-order valence-electron chi connectivity index (χ0n) is 14.9. The van der Waals surface area contributed by atoms with Crippen molar-refractivity contribution in [3.63, 3.8) is 0 Å². The highest BCUT2D eigenvalue weighted by Crippen LogP contribution is 2.36. The van der Waals surface area contributed by atoms with Gasteiger partial charge >= 0.3 is 0 Å². The van der Waals surface area contributed by atoms with Gasteiger partial charge in [-0.3, -0.25) is 9.52 Å². The molecular weight excluding hydrogens is 408 g/mol. The quantitative estimate of drug-likeness (QED) is 0.799. The Morgan fingerprint density at radius 2 is 2.04 bits per heavy atom. The summed E-state index contributed by atoms with van der Waals surface area (Å²) in [6.45, 7) is 2.05. The average molecular weight is 427 g/mol. The second-order valence-corrected chi connectivity index (χ2v) is 9.18. The number of benzene rings is 2. The third-order valence-electron chi connectivity index (χ3n) is 4.10. The number of thioether (sulfide) groups is 1. The second kappa shape index (κ2) is 8.00. The average Bonchev–Trinajstić information content (AvgIpc) is 2.83. The number of hydrogen-bond acceptors (Lipinski definition) is 5. The molecule has 0 radical (unpaired) electrons. The molecule has 2 aromatic carbocycles. The first-order chi connectivity index (χ1) is 12.8. The van der Waals surface area contributed by atoms with Crippen LogP contribution in [0, 0.1) is 0 Å². The second-order valence-electron chi connectivity index (χ2n) is 5.96. The lowest BCUT2D eigenvalue weighted by Crippen LogP contribution is -2.29. The van der Waals surface area contributed by atoms with Crippen LogP contribution in [0.1, 0.15) is 13.3 Å². The van der Waals surface area contributed by atoms with Crippen molar-refractivity contribution in [3.05, 3.63) is 41.4 Å². The first-order valence-corrected chi connectivity index (χ1v) is 11.1. The summed E-state index contributed by atoms with van der Waals surface area (Å²) < 4.78 is 33.2. The molecule has 0 unspecified atom stereocenters. The molecule has 1 amide bonds. The summed E-state index contributed by atoms with van der Waals surface area (Å²) in [4.78, 5) is 14.6. The molecule has 0 spiro atoms. The van der Waals surface area contributed by atoms with Gasteiger partial charge in [0.25, 0.3) is 10.0 Å². The molecule has 0 saturated carbocycles. The molecule has 1 N–H and O–H groups in total. The number of ether oxygens (including phenoxy) is 1. The first-order valence-electron chi connectivity index (χ1n) is 8.23. The predicted octanol–water partition coefficient (Wildman–Crippen LogP) is 4.00. The molecule has 6 nitrogen and oxygen atoms in total. The van der Waals surface area contributed by atoms with Crippen LogP contribution in [0.5, 0.6) is 5.75 Å². The molecule has 0 aromatic heterocycles.